The lowest BCUT2D eigenvalue weighted by atomic mass is 9.90. The van der Waals surface area contributed by atoms with Crippen LogP contribution in [0.2, 0.25) is 0 Å². The van der Waals surface area contributed by atoms with E-state index in [9.17, 15) is 9.59 Å². The second-order valence-corrected chi connectivity index (χ2v) is 8.80. The topological polar surface area (TPSA) is 71.1 Å². The van der Waals surface area contributed by atoms with Crippen molar-refractivity contribution in [2.24, 2.45) is 5.41 Å². The number of para-hydroxylation sites is 1. The van der Waals surface area contributed by atoms with E-state index in [4.69, 9.17) is 19.2 Å². The van der Waals surface area contributed by atoms with Gasteiger partial charge in [-0.2, -0.15) is 4.89 Å². The van der Waals surface area contributed by atoms with Crippen LogP contribution in [0.1, 0.15) is 13.8 Å². The Labute approximate surface area is 159 Å². The van der Waals surface area contributed by atoms with Crippen molar-refractivity contribution in [3.8, 4) is 5.75 Å². The summed E-state index contributed by atoms with van der Waals surface area (Å²) in [6, 6.07) is 16.6. The summed E-state index contributed by atoms with van der Waals surface area (Å²) in [6.45, 7) is 3.85. The summed E-state index contributed by atoms with van der Waals surface area (Å²) in [5.41, 5.74) is -1.15. The Morgan fingerprint density at radius 3 is 2.41 bits per heavy atom. The van der Waals surface area contributed by atoms with Gasteiger partial charge >= 0.3 is 11.7 Å². The van der Waals surface area contributed by atoms with Crippen molar-refractivity contribution in [2.75, 3.05) is 13.7 Å². The van der Waals surface area contributed by atoms with Gasteiger partial charge in [-0.15, -0.1) is 0 Å². The molecule has 0 aliphatic carbocycles. The highest BCUT2D eigenvalue weighted by molar-refractivity contribution is 7.87. The lowest BCUT2D eigenvalue weighted by Gasteiger charge is -2.22. The number of cyclic esters (lactones) is 1. The highest BCUT2D eigenvalue weighted by Crippen LogP contribution is 2.40. The summed E-state index contributed by atoms with van der Waals surface area (Å²) in [6.07, 6.45) is -0.952. The minimum atomic E-state index is -1.57. The van der Waals surface area contributed by atoms with Gasteiger partial charge in [-0.25, -0.2) is 9.59 Å². The van der Waals surface area contributed by atoms with Gasteiger partial charge in [0.25, 0.3) is 0 Å². The van der Waals surface area contributed by atoms with E-state index >= 15 is 0 Å². The van der Waals surface area contributed by atoms with Crippen LogP contribution in [0.5, 0.6) is 5.75 Å². The molecule has 0 bridgehead atoms. The van der Waals surface area contributed by atoms with E-state index in [0.717, 1.165) is 5.30 Å². The van der Waals surface area contributed by atoms with Crippen molar-refractivity contribution in [2.45, 2.75) is 20.0 Å². The molecule has 2 aromatic carbocycles. The molecule has 1 saturated heterocycles. The third-order valence-corrected chi connectivity index (χ3v) is 6.35. The molecule has 27 heavy (non-hydrogen) atoms. The molecule has 0 amide bonds. The van der Waals surface area contributed by atoms with Crippen LogP contribution in [0, 0.1) is 5.41 Å². The first kappa shape index (κ1) is 19.3. The maximum absolute atomic E-state index is 13.0. The van der Waals surface area contributed by atoms with Gasteiger partial charge in [-0.3, -0.25) is 4.89 Å². The Balaban J connectivity index is 1.87. The van der Waals surface area contributed by atoms with Crippen LogP contribution in [0.25, 0.3) is 0 Å². The quantitative estimate of drug-likeness (QED) is 0.328. The lowest BCUT2D eigenvalue weighted by molar-refractivity contribution is -0.274. The molecule has 0 spiro atoms. The van der Waals surface area contributed by atoms with Crippen LogP contribution < -0.4 is 15.3 Å². The summed E-state index contributed by atoms with van der Waals surface area (Å²) >= 11 is 0. The highest BCUT2D eigenvalue weighted by atomic mass is 31.1. The van der Waals surface area contributed by atoms with E-state index in [1.807, 2.05) is 62.4 Å². The van der Waals surface area contributed by atoms with Crippen LogP contribution in [0.4, 0.5) is 4.79 Å². The number of carbonyl (C=O) groups is 2. The standard InChI is InChI=1S/C20H21O6P/c1-20(2)13-24-18(21)17(20)25-26-19(22)27(14-9-5-4-6-10-14)16-12-8-7-11-15(16)23-3/h4-12,17H,13H2,1-3H3/t17-,27?/m0/s1. The number of benzene rings is 2. The molecule has 1 aliphatic rings. The SMILES string of the molecule is COc1ccccc1P(C(=O)OO[C@H]1C(=O)OCC1(C)C)c1ccccc1. The first-order valence-electron chi connectivity index (χ1n) is 8.46. The van der Waals surface area contributed by atoms with Gasteiger partial charge in [0.15, 0.2) is 0 Å². The van der Waals surface area contributed by atoms with Gasteiger partial charge in [0, 0.05) is 10.7 Å². The third-order valence-electron chi connectivity index (χ3n) is 4.25. The molecular weight excluding hydrogens is 367 g/mol. The molecular formula is C20H21O6P. The maximum atomic E-state index is 13.0. The molecule has 7 heteroatoms. The predicted molar refractivity (Wildman–Crippen MR) is 102 cm³/mol. The number of hydrogen-bond acceptors (Lipinski definition) is 6. The van der Waals surface area contributed by atoms with E-state index in [0.29, 0.717) is 11.1 Å². The highest BCUT2D eigenvalue weighted by Gasteiger charge is 2.47. The number of methoxy groups -OCH3 is 1. The fraction of sp³-hybridized carbons (Fsp3) is 0.300. The Morgan fingerprint density at radius 1 is 1.11 bits per heavy atom. The van der Waals surface area contributed by atoms with Crippen molar-refractivity contribution < 1.29 is 28.8 Å². The Hall–Kier alpha value is -2.43. The second kappa shape index (κ2) is 8.07. The number of ether oxygens (including phenoxy) is 2. The predicted octanol–water partition coefficient (Wildman–Crippen LogP) is 3.15. The molecule has 0 aromatic heterocycles. The van der Waals surface area contributed by atoms with Crippen molar-refractivity contribution in [1.29, 1.82) is 0 Å². The fourth-order valence-electron chi connectivity index (χ4n) is 2.76. The van der Waals surface area contributed by atoms with Crippen molar-refractivity contribution >= 4 is 30.2 Å². The van der Waals surface area contributed by atoms with Crippen LogP contribution in [-0.2, 0) is 19.3 Å². The minimum absolute atomic E-state index is 0.216. The summed E-state index contributed by atoms with van der Waals surface area (Å²) < 4.78 is 10.4. The number of rotatable bonds is 6. The molecule has 142 valence electrons. The van der Waals surface area contributed by atoms with Gasteiger partial charge in [0.1, 0.15) is 5.75 Å². The molecule has 2 atom stereocenters. The number of carbonyl (C=O) groups excluding carboxylic acids is 2. The minimum Gasteiger partial charge on any atom is -0.496 e. The summed E-state index contributed by atoms with van der Waals surface area (Å²) in [4.78, 5) is 35.2. The Morgan fingerprint density at radius 2 is 1.78 bits per heavy atom. The molecule has 1 unspecified atom stereocenters. The zero-order chi connectivity index (χ0) is 19.4. The number of esters is 1. The second-order valence-electron chi connectivity index (χ2n) is 6.76. The van der Waals surface area contributed by atoms with E-state index in [1.54, 1.807) is 13.2 Å². The molecule has 3 rings (SSSR count). The smallest absolute Gasteiger partial charge is 0.370 e. The Kier molecular flexibility index (Phi) is 5.78. The molecule has 0 radical (unpaired) electrons. The van der Waals surface area contributed by atoms with Gasteiger partial charge in [-0.05, 0) is 17.4 Å². The van der Waals surface area contributed by atoms with Crippen molar-refractivity contribution in [1.82, 2.24) is 0 Å². The van der Waals surface area contributed by atoms with Crippen LogP contribution in [0.3, 0.4) is 0 Å². The van der Waals surface area contributed by atoms with Crippen molar-refractivity contribution in [3.63, 3.8) is 0 Å². The molecule has 2 aromatic rings. The van der Waals surface area contributed by atoms with E-state index in [2.05, 4.69) is 0 Å². The molecule has 1 aliphatic heterocycles. The monoisotopic (exact) mass is 388 g/mol. The normalized spacial score (nSPS) is 19.2. The van der Waals surface area contributed by atoms with Crippen LogP contribution in [-0.4, -0.2) is 31.5 Å². The molecule has 6 nitrogen and oxygen atoms in total. The van der Waals surface area contributed by atoms with Crippen molar-refractivity contribution in [3.05, 3.63) is 54.6 Å². The largest absolute Gasteiger partial charge is 0.496 e. The molecule has 1 fully saturated rings. The van der Waals surface area contributed by atoms with Crippen LogP contribution in [0.15, 0.2) is 54.6 Å². The summed E-state index contributed by atoms with van der Waals surface area (Å²) in [5, 5.41) is 1.50. The van der Waals surface area contributed by atoms with Crippen LogP contribution >= 0.6 is 7.92 Å². The molecule has 0 N–H and O–H groups in total. The number of hydrogen-bond donors (Lipinski definition) is 0. The maximum Gasteiger partial charge on any atom is 0.370 e. The van der Waals surface area contributed by atoms with E-state index in [-0.39, 0.29) is 6.61 Å². The third kappa shape index (κ3) is 4.12. The van der Waals surface area contributed by atoms with Gasteiger partial charge < -0.3 is 9.47 Å². The summed E-state index contributed by atoms with van der Waals surface area (Å²) in [7, 11) is -0.0155. The fourth-order valence-corrected chi connectivity index (χ4v) is 4.65. The average Bonchev–Trinajstić information content (AvgIpc) is 2.94. The Bertz CT molecular complexity index is 820. The van der Waals surface area contributed by atoms with Gasteiger partial charge in [0.05, 0.1) is 21.6 Å². The first-order valence-corrected chi connectivity index (χ1v) is 9.80. The molecule has 0 saturated carbocycles. The molecule has 1 heterocycles. The van der Waals surface area contributed by atoms with E-state index < -0.39 is 31.1 Å². The van der Waals surface area contributed by atoms with E-state index in [1.165, 1.54) is 0 Å². The zero-order valence-corrected chi connectivity index (χ0v) is 16.3. The first-order chi connectivity index (χ1) is 12.9. The van der Waals surface area contributed by atoms with Gasteiger partial charge in [-0.1, -0.05) is 56.3 Å². The zero-order valence-electron chi connectivity index (χ0n) is 15.4. The summed E-state index contributed by atoms with van der Waals surface area (Å²) in [5.74, 6) is 0.0548. The lowest BCUT2D eigenvalue weighted by Crippen LogP contribution is -2.34. The average molecular weight is 388 g/mol. The van der Waals surface area contributed by atoms with Gasteiger partial charge in [0.2, 0.25) is 6.10 Å².